The summed E-state index contributed by atoms with van der Waals surface area (Å²) in [6.45, 7) is 28.2. The largest absolute Gasteiger partial charge is 0.481 e. The number of hydrogen-bond acceptors (Lipinski definition) is 8. The predicted molar refractivity (Wildman–Crippen MR) is 251 cm³/mol. The summed E-state index contributed by atoms with van der Waals surface area (Å²) in [5.74, 6) is -4.81. The molecule has 1 heterocycles. The number of esters is 1. The average Bonchev–Trinajstić information content (AvgIpc) is 3.61. The Kier molecular flexibility index (Phi) is 93.5. The Hall–Kier alpha value is -5.79. The average molecular weight is 873 g/mol. The summed E-state index contributed by atoms with van der Waals surface area (Å²) in [6, 6.07) is 0. The summed E-state index contributed by atoms with van der Waals surface area (Å²) in [6.07, 6.45) is 31.0. The van der Waals surface area contributed by atoms with Crippen molar-refractivity contribution >= 4 is 41.8 Å². The van der Waals surface area contributed by atoms with E-state index in [4.69, 9.17) is 35.4 Å². The van der Waals surface area contributed by atoms with Crippen molar-refractivity contribution in [2.24, 2.45) is 0 Å². The van der Waals surface area contributed by atoms with Gasteiger partial charge >= 0.3 is 41.8 Å². The summed E-state index contributed by atoms with van der Waals surface area (Å²) >= 11 is 0. The van der Waals surface area contributed by atoms with E-state index in [0.29, 0.717) is 19.3 Å². The molecule has 1 aliphatic rings. The van der Waals surface area contributed by atoms with E-state index in [9.17, 15) is 33.6 Å². The van der Waals surface area contributed by atoms with Crippen LogP contribution in [0.3, 0.4) is 0 Å². The maximum atomic E-state index is 10.2. The fourth-order valence-electron chi connectivity index (χ4n) is 2.09. The Morgan fingerprint density at radius 2 is 0.951 bits per heavy atom. The molecular weight excluding hydrogens is 789 g/mol. The second kappa shape index (κ2) is 75.1. The van der Waals surface area contributed by atoms with Crippen molar-refractivity contribution < 1.29 is 70.4 Å². The van der Waals surface area contributed by atoms with Crippen molar-refractivity contribution in [1.29, 1.82) is 0 Å². The van der Waals surface area contributed by atoms with Crippen molar-refractivity contribution in [2.75, 3.05) is 0 Å². The van der Waals surface area contributed by atoms with Crippen LogP contribution in [0.15, 0.2) is 98.2 Å². The number of carbonyl (C=O) groups excluding carboxylic acids is 1. The normalized spacial score (nSPS) is 11.6. The third-order valence-corrected chi connectivity index (χ3v) is 5.40. The SMILES string of the molecule is C/C=C/C.C/C=C/CC(=O)O.C/C=C\C.C/C=C\CC(=O)O.C=CCC.C=CCCC(=O)O.CC/C=C/C(=O)O.CC/C=C\C(=O)O.CC1CCC(=O)O1.CCCCC(=O)O.[HH]. The minimum atomic E-state index is -0.873. The first-order valence-electron chi connectivity index (χ1n) is 20.1. The van der Waals surface area contributed by atoms with Crippen LogP contribution >= 0.6 is 0 Å². The number of allylic oxidation sites excluding steroid dienone is 10. The van der Waals surface area contributed by atoms with E-state index in [0.717, 1.165) is 50.7 Å². The molecule has 1 fully saturated rings. The highest BCUT2D eigenvalue weighted by atomic mass is 16.5. The summed E-state index contributed by atoms with van der Waals surface area (Å²) in [7, 11) is 0. The number of unbranched alkanes of at least 4 members (excludes halogenated alkanes) is 1. The lowest BCUT2D eigenvalue weighted by Crippen LogP contribution is -1.98. The van der Waals surface area contributed by atoms with Crippen LogP contribution in [0.25, 0.3) is 0 Å². The van der Waals surface area contributed by atoms with Crippen LogP contribution in [0.2, 0.25) is 0 Å². The fraction of sp³-hybridized carbons (Fsp3) is 0.511. The molecule has 0 amide bonds. The van der Waals surface area contributed by atoms with E-state index >= 15 is 0 Å². The molecule has 0 bridgehead atoms. The van der Waals surface area contributed by atoms with Crippen molar-refractivity contribution in [3.63, 3.8) is 0 Å². The molecule has 1 atom stereocenters. The minimum absolute atomic E-state index is 0. The molecule has 1 rings (SSSR count). The Morgan fingerprint density at radius 3 is 1.03 bits per heavy atom. The van der Waals surface area contributed by atoms with E-state index < -0.39 is 35.8 Å². The lowest BCUT2D eigenvalue weighted by molar-refractivity contribution is -0.141. The number of aliphatic carboxylic acids is 6. The van der Waals surface area contributed by atoms with Gasteiger partial charge < -0.3 is 35.4 Å². The predicted octanol–water partition coefficient (Wildman–Crippen LogP) is 12.2. The van der Waals surface area contributed by atoms with Crippen molar-refractivity contribution in [3.8, 4) is 0 Å². The van der Waals surface area contributed by atoms with Gasteiger partial charge in [0, 0.05) is 32.8 Å². The molecule has 356 valence electrons. The molecule has 0 aromatic rings. The molecule has 1 saturated heterocycles. The van der Waals surface area contributed by atoms with E-state index in [2.05, 4.69) is 20.1 Å². The van der Waals surface area contributed by atoms with Gasteiger partial charge in [-0.3, -0.25) is 24.0 Å². The van der Waals surface area contributed by atoms with Crippen LogP contribution in [0.5, 0.6) is 0 Å². The molecule has 14 heteroatoms. The van der Waals surface area contributed by atoms with Gasteiger partial charge in [0.1, 0.15) is 0 Å². The molecule has 0 aliphatic carbocycles. The van der Waals surface area contributed by atoms with E-state index in [1.807, 2.05) is 85.8 Å². The maximum Gasteiger partial charge on any atom is 0.327 e. The lowest BCUT2D eigenvalue weighted by Gasteiger charge is -1.95. The van der Waals surface area contributed by atoms with Gasteiger partial charge in [0.15, 0.2) is 0 Å². The molecule has 0 aromatic carbocycles. The van der Waals surface area contributed by atoms with Crippen molar-refractivity contribution in [1.82, 2.24) is 0 Å². The summed E-state index contributed by atoms with van der Waals surface area (Å²) in [4.78, 5) is 68.5. The minimum Gasteiger partial charge on any atom is -0.481 e. The maximum absolute atomic E-state index is 10.2. The van der Waals surface area contributed by atoms with Crippen LogP contribution in [0.1, 0.15) is 155 Å². The molecule has 0 aromatic heterocycles. The first-order valence-corrected chi connectivity index (χ1v) is 20.1. The number of ether oxygens (including phenoxy) is 1. The van der Waals surface area contributed by atoms with Crippen LogP contribution < -0.4 is 0 Å². The second-order valence-corrected chi connectivity index (χ2v) is 11.2. The van der Waals surface area contributed by atoms with Gasteiger partial charge in [0.2, 0.25) is 0 Å². The van der Waals surface area contributed by atoms with Gasteiger partial charge in [-0.1, -0.05) is 107 Å². The number of hydrogen-bond donors (Lipinski definition) is 6. The first kappa shape index (κ1) is 76.0. The number of rotatable bonds is 15. The van der Waals surface area contributed by atoms with Crippen LogP contribution in [0.4, 0.5) is 0 Å². The first-order chi connectivity index (χ1) is 28.7. The van der Waals surface area contributed by atoms with Crippen LogP contribution in [-0.4, -0.2) is 78.5 Å². The Morgan fingerprint density at radius 1 is 0.590 bits per heavy atom. The van der Waals surface area contributed by atoms with Gasteiger partial charge in [-0.05, 0) is 87.0 Å². The number of carboxylic acid groups (broad SMARTS) is 6. The van der Waals surface area contributed by atoms with Gasteiger partial charge in [-0.25, -0.2) is 9.59 Å². The highest BCUT2D eigenvalue weighted by Gasteiger charge is 2.17. The third kappa shape index (κ3) is 162. The Bertz CT molecular complexity index is 1170. The summed E-state index contributed by atoms with van der Waals surface area (Å²) < 4.78 is 4.72. The quantitative estimate of drug-likeness (QED) is 0.0509. The Labute approximate surface area is 369 Å². The van der Waals surface area contributed by atoms with E-state index in [1.54, 1.807) is 56.4 Å². The van der Waals surface area contributed by atoms with E-state index in [-0.39, 0.29) is 32.8 Å². The van der Waals surface area contributed by atoms with Gasteiger partial charge in [-0.15, -0.1) is 13.2 Å². The van der Waals surface area contributed by atoms with E-state index in [1.165, 1.54) is 0 Å². The standard InChI is InChI=1S/C5H8O2.C5H10O2.5C5H8O2.3C4H8.H2/c1-4-2-3-5(6)7-4;6*1-2-3-4-5(6)7;3*1-3-4-2;/h4H,2-3H2,1H3;2-4H2,1H3,(H,6,7);2*3-4H,2H2,1H3,(H,6,7);2*2-3H,4H2,1H3,(H,6,7);2H,1,3-4H2,(H,6,7);2*3-4H,1-2H3;3H,1,4H2,2H3;1H/b;;4-3+;4-3-;3-2+;3-2-;;4-3+;4-3-;;. The molecule has 1 unspecified atom stereocenters. The molecule has 14 nitrogen and oxygen atoms in total. The highest BCUT2D eigenvalue weighted by molar-refractivity contribution is 5.80. The van der Waals surface area contributed by atoms with Crippen LogP contribution in [0, 0.1) is 0 Å². The van der Waals surface area contributed by atoms with Crippen molar-refractivity contribution in [3.05, 3.63) is 98.2 Å². The fourth-order valence-corrected chi connectivity index (χ4v) is 2.09. The molecular formula is C47H84O14. The van der Waals surface area contributed by atoms with Gasteiger partial charge in [-0.2, -0.15) is 0 Å². The number of carbonyl (C=O) groups is 7. The highest BCUT2D eigenvalue weighted by Crippen LogP contribution is 2.11. The zero-order valence-corrected chi connectivity index (χ0v) is 39.0. The van der Waals surface area contributed by atoms with Gasteiger partial charge in [0.05, 0.1) is 18.9 Å². The van der Waals surface area contributed by atoms with Gasteiger partial charge in [0.25, 0.3) is 0 Å². The summed E-state index contributed by atoms with van der Waals surface area (Å²) in [5, 5.41) is 47.9. The summed E-state index contributed by atoms with van der Waals surface area (Å²) in [5.41, 5.74) is 0. The monoisotopic (exact) mass is 873 g/mol. The smallest absolute Gasteiger partial charge is 0.327 e. The third-order valence-electron chi connectivity index (χ3n) is 5.40. The molecule has 0 saturated carbocycles. The number of carboxylic acids is 6. The van der Waals surface area contributed by atoms with Crippen molar-refractivity contribution in [2.45, 2.75) is 159 Å². The molecule has 6 N–H and O–H groups in total. The molecule has 0 spiro atoms. The lowest BCUT2D eigenvalue weighted by atomic mass is 10.3. The zero-order valence-electron chi connectivity index (χ0n) is 39.0. The Balaban J connectivity index is -0.0000000609. The molecule has 0 radical (unpaired) electrons. The van der Waals surface area contributed by atoms with Crippen LogP contribution in [-0.2, 0) is 38.3 Å². The molecule has 1 aliphatic heterocycles. The number of cyclic esters (lactones) is 1. The second-order valence-electron chi connectivity index (χ2n) is 11.2. The topological polar surface area (TPSA) is 250 Å². The zero-order chi connectivity index (χ0) is 49.7. The molecule has 61 heavy (non-hydrogen) atoms.